The molecule has 3 heteroatoms. The van der Waals surface area contributed by atoms with E-state index in [0.717, 1.165) is 0 Å². The average molecular weight is 553 g/mol. The molecular weight excluding hydrogens is 505 g/mol. The fourth-order valence-electron chi connectivity index (χ4n) is 6.57. The molecule has 0 fully saturated rings. The first-order chi connectivity index (χ1) is 17.6. The summed E-state index contributed by atoms with van der Waals surface area (Å²) >= 11 is 0. The van der Waals surface area contributed by atoms with Gasteiger partial charge < -0.3 is 0 Å². The van der Waals surface area contributed by atoms with Gasteiger partial charge in [0.2, 0.25) is 0 Å². The van der Waals surface area contributed by atoms with Crippen molar-refractivity contribution in [2.24, 2.45) is 5.92 Å². The molecule has 0 saturated carbocycles. The Labute approximate surface area is 236 Å². The van der Waals surface area contributed by atoms with Crippen molar-refractivity contribution in [3.8, 4) is 0 Å². The van der Waals surface area contributed by atoms with Gasteiger partial charge in [-0.25, -0.2) is 0 Å². The second-order valence-electron chi connectivity index (χ2n) is 13.8. The zero-order chi connectivity index (χ0) is 28.2. The van der Waals surface area contributed by atoms with Crippen LogP contribution in [0.5, 0.6) is 0 Å². The standard InChI is InChI=1S/C35H48Si3/c1-24-21-25(2)23-34(22-24)38(35-28(5)26(3)27(4)29(35)6,32-17-13-30(14-18-32)36(7,8)9)33-19-15-31(16-20-33)37(10,11)12/h13-23,28H,1-12H3. The summed E-state index contributed by atoms with van der Waals surface area (Å²) in [7, 11) is -5.36. The van der Waals surface area contributed by atoms with E-state index in [4.69, 9.17) is 0 Å². The maximum atomic E-state index is 2.51. The molecule has 1 aliphatic rings. The Kier molecular flexibility index (Phi) is 7.63. The normalized spacial score (nSPS) is 17.0. The molecule has 1 aliphatic carbocycles. The minimum absolute atomic E-state index is 0.441. The lowest BCUT2D eigenvalue weighted by molar-refractivity contribution is 0.851. The van der Waals surface area contributed by atoms with E-state index >= 15 is 0 Å². The van der Waals surface area contributed by atoms with Crippen molar-refractivity contribution in [3.05, 3.63) is 99.8 Å². The van der Waals surface area contributed by atoms with Gasteiger partial charge in [0.05, 0.1) is 16.1 Å². The molecule has 0 radical (unpaired) electrons. The molecule has 1 unspecified atom stereocenters. The molecule has 200 valence electrons. The van der Waals surface area contributed by atoms with E-state index in [2.05, 4.69) is 148 Å². The molecule has 0 amide bonds. The van der Waals surface area contributed by atoms with Crippen molar-refractivity contribution >= 4 is 50.2 Å². The fraction of sp³-hybridized carbons (Fsp3) is 0.371. The molecule has 0 bridgehead atoms. The summed E-state index contributed by atoms with van der Waals surface area (Å²) in [5.74, 6) is 0.441. The largest absolute Gasteiger partial charge is 0.176 e. The van der Waals surface area contributed by atoms with Gasteiger partial charge >= 0.3 is 0 Å². The first kappa shape index (κ1) is 28.8. The zero-order valence-electron chi connectivity index (χ0n) is 25.9. The van der Waals surface area contributed by atoms with E-state index in [1.165, 1.54) is 53.8 Å². The van der Waals surface area contributed by atoms with Gasteiger partial charge in [0.1, 0.15) is 0 Å². The quantitative estimate of drug-likeness (QED) is 0.236. The summed E-state index contributed by atoms with van der Waals surface area (Å²) in [4.78, 5) is 0. The molecule has 1 atom stereocenters. The third-order valence-corrected chi connectivity index (χ3v) is 18.4. The number of rotatable bonds is 6. The van der Waals surface area contributed by atoms with Crippen LogP contribution >= 0.6 is 0 Å². The van der Waals surface area contributed by atoms with Gasteiger partial charge in [-0.15, -0.1) is 0 Å². The first-order valence-corrected chi connectivity index (χ1v) is 23.3. The summed E-state index contributed by atoms with van der Waals surface area (Å²) in [5.41, 5.74) is 7.27. The topological polar surface area (TPSA) is 0 Å². The van der Waals surface area contributed by atoms with Crippen molar-refractivity contribution in [3.63, 3.8) is 0 Å². The minimum Gasteiger partial charge on any atom is -0.0656 e. The van der Waals surface area contributed by atoms with Crippen molar-refractivity contribution < 1.29 is 0 Å². The van der Waals surface area contributed by atoms with E-state index in [1.807, 2.05) is 0 Å². The van der Waals surface area contributed by atoms with Crippen LogP contribution in [0.15, 0.2) is 88.6 Å². The average Bonchev–Trinajstić information content (AvgIpc) is 3.02. The lowest BCUT2D eigenvalue weighted by Crippen LogP contribution is -2.70. The summed E-state index contributed by atoms with van der Waals surface area (Å²) in [6, 6.07) is 27.3. The molecule has 0 aliphatic heterocycles. The third-order valence-electron chi connectivity index (χ3n) is 9.07. The second kappa shape index (κ2) is 10.1. The molecule has 3 aromatic rings. The van der Waals surface area contributed by atoms with E-state index in [9.17, 15) is 0 Å². The predicted molar refractivity (Wildman–Crippen MR) is 180 cm³/mol. The molecule has 0 heterocycles. The van der Waals surface area contributed by atoms with Crippen LogP contribution in [0, 0.1) is 19.8 Å². The van der Waals surface area contributed by atoms with Crippen molar-refractivity contribution in [1.29, 1.82) is 0 Å². The highest BCUT2D eigenvalue weighted by molar-refractivity contribution is 7.16. The number of hydrogen-bond donors (Lipinski definition) is 0. The van der Waals surface area contributed by atoms with E-state index in [1.54, 1.807) is 5.20 Å². The Hall–Kier alpha value is -2.21. The monoisotopic (exact) mass is 552 g/mol. The van der Waals surface area contributed by atoms with Gasteiger partial charge in [-0.1, -0.05) is 151 Å². The van der Waals surface area contributed by atoms with Gasteiger partial charge in [0.25, 0.3) is 0 Å². The molecule has 0 nitrogen and oxygen atoms in total. The number of benzene rings is 3. The van der Waals surface area contributed by atoms with Crippen LogP contribution in [0.4, 0.5) is 0 Å². The SMILES string of the molecule is CC1=C(C)C(C)C([Si](c2ccc([Si](C)(C)C)cc2)(c2ccc([Si](C)(C)C)cc2)c2cc(C)cc(C)c2)=C1C. The predicted octanol–water partition coefficient (Wildman–Crippen LogP) is 6.71. The van der Waals surface area contributed by atoms with Crippen molar-refractivity contribution in [2.75, 3.05) is 0 Å². The van der Waals surface area contributed by atoms with Gasteiger partial charge in [0, 0.05) is 0 Å². The van der Waals surface area contributed by atoms with Crippen LogP contribution < -0.4 is 25.9 Å². The number of aryl methyl sites for hydroxylation is 2. The van der Waals surface area contributed by atoms with Crippen molar-refractivity contribution in [2.45, 2.75) is 80.8 Å². The summed E-state index contributed by atoms with van der Waals surface area (Å²) < 4.78 is 0. The Morgan fingerprint density at radius 2 is 0.842 bits per heavy atom. The molecule has 38 heavy (non-hydrogen) atoms. The zero-order valence-corrected chi connectivity index (χ0v) is 28.9. The van der Waals surface area contributed by atoms with Crippen LogP contribution in [0.25, 0.3) is 0 Å². The third kappa shape index (κ3) is 4.94. The van der Waals surface area contributed by atoms with Gasteiger partial charge in [-0.2, -0.15) is 0 Å². The second-order valence-corrected chi connectivity index (χ2v) is 27.8. The highest BCUT2D eigenvalue weighted by atomic mass is 28.3. The van der Waals surface area contributed by atoms with Crippen LogP contribution in [0.3, 0.4) is 0 Å². The van der Waals surface area contributed by atoms with Gasteiger partial charge in [0.15, 0.2) is 8.07 Å². The summed E-state index contributed by atoms with van der Waals surface area (Å²) in [6.07, 6.45) is 0. The molecule has 0 spiro atoms. The lowest BCUT2D eigenvalue weighted by Gasteiger charge is -2.39. The molecule has 0 aromatic heterocycles. The maximum Gasteiger partial charge on any atom is 0.176 e. The molecule has 0 saturated heterocycles. The van der Waals surface area contributed by atoms with Crippen LogP contribution in [0.2, 0.25) is 39.3 Å². The Morgan fingerprint density at radius 1 is 0.474 bits per heavy atom. The molecule has 0 N–H and O–H groups in total. The molecular formula is C35H48Si3. The Bertz CT molecular complexity index is 1330. The minimum atomic E-state index is -2.56. The highest BCUT2D eigenvalue weighted by Gasteiger charge is 2.48. The number of allylic oxidation sites excluding steroid dienone is 4. The Balaban J connectivity index is 2.16. The van der Waals surface area contributed by atoms with E-state index in [-0.39, 0.29) is 0 Å². The fourth-order valence-corrected chi connectivity index (χ4v) is 14.7. The van der Waals surface area contributed by atoms with E-state index in [0.29, 0.717) is 5.92 Å². The van der Waals surface area contributed by atoms with Crippen LogP contribution in [-0.2, 0) is 0 Å². The van der Waals surface area contributed by atoms with Crippen LogP contribution in [0.1, 0.15) is 38.8 Å². The smallest absolute Gasteiger partial charge is 0.0656 e. The lowest BCUT2D eigenvalue weighted by atomic mass is 10.1. The molecule has 4 rings (SSSR count). The summed E-state index contributed by atoms with van der Waals surface area (Å²) in [5, 5.41) is 9.32. The maximum absolute atomic E-state index is 2.56. The Morgan fingerprint density at radius 3 is 1.16 bits per heavy atom. The summed E-state index contributed by atoms with van der Waals surface area (Å²) in [6.45, 7) is 28.8. The van der Waals surface area contributed by atoms with E-state index < -0.39 is 24.2 Å². The number of hydrogen-bond acceptors (Lipinski definition) is 0. The molecule has 3 aromatic carbocycles. The van der Waals surface area contributed by atoms with Crippen molar-refractivity contribution in [1.82, 2.24) is 0 Å². The van der Waals surface area contributed by atoms with Gasteiger partial charge in [-0.05, 0) is 61.7 Å². The highest BCUT2D eigenvalue weighted by Crippen LogP contribution is 2.41. The van der Waals surface area contributed by atoms with Gasteiger partial charge in [-0.3, -0.25) is 0 Å². The van der Waals surface area contributed by atoms with Crippen LogP contribution in [-0.4, -0.2) is 24.2 Å². The first-order valence-electron chi connectivity index (χ1n) is 14.3.